The van der Waals surface area contributed by atoms with Crippen LogP contribution >= 0.6 is 0 Å². The maximum Gasteiger partial charge on any atom is 0.405 e. The van der Waals surface area contributed by atoms with Crippen molar-refractivity contribution >= 4 is 11.8 Å². The van der Waals surface area contributed by atoms with Gasteiger partial charge in [0.2, 0.25) is 0 Å². The lowest BCUT2D eigenvalue weighted by Gasteiger charge is -2.36. The molecule has 2 aromatic carbocycles. The molecule has 1 saturated heterocycles. The Kier molecular flexibility index (Phi) is 5.90. The highest BCUT2D eigenvalue weighted by Crippen LogP contribution is 2.22. The number of nitrogens with zero attached hydrogens (tertiary/aromatic N) is 2. The standard InChI is InChI=1S/C20H25N3O2/c21-20(24)25-19(17-7-3-1-4-8-17)11-12-22-13-15-23(16-14-22)18-9-5-2-6-10-18/h1-10,19H,11-16H2,(H2,21,24)/t19-/m0/s1. The molecule has 0 spiro atoms. The first kappa shape index (κ1) is 17.3. The monoisotopic (exact) mass is 339 g/mol. The summed E-state index contributed by atoms with van der Waals surface area (Å²) >= 11 is 0. The highest BCUT2D eigenvalue weighted by Gasteiger charge is 2.20. The van der Waals surface area contributed by atoms with E-state index in [0.717, 1.165) is 44.7 Å². The van der Waals surface area contributed by atoms with E-state index in [1.54, 1.807) is 0 Å². The lowest BCUT2D eigenvalue weighted by molar-refractivity contribution is 0.0910. The second-order valence-corrected chi connectivity index (χ2v) is 6.29. The molecule has 5 heteroatoms. The quantitative estimate of drug-likeness (QED) is 0.879. The van der Waals surface area contributed by atoms with E-state index in [2.05, 4.69) is 34.1 Å². The van der Waals surface area contributed by atoms with Gasteiger partial charge in [-0.2, -0.15) is 0 Å². The van der Waals surface area contributed by atoms with Crippen molar-refractivity contribution < 1.29 is 9.53 Å². The highest BCUT2D eigenvalue weighted by molar-refractivity contribution is 5.65. The molecule has 0 aliphatic carbocycles. The maximum atomic E-state index is 11.2. The Morgan fingerprint density at radius 2 is 1.56 bits per heavy atom. The number of para-hydroxylation sites is 1. The molecule has 0 radical (unpaired) electrons. The largest absolute Gasteiger partial charge is 0.441 e. The van der Waals surface area contributed by atoms with Crippen LogP contribution in [0.5, 0.6) is 0 Å². The first-order chi connectivity index (χ1) is 12.2. The summed E-state index contributed by atoms with van der Waals surface area (Å²) in [6.45, 7) is 4.92. The van der Waals surface area contributed by atoms with Crippen LogP contribution in [0.15, 0.2) is 60.7 Å². The van der Waals surface area contributed by atoms with Crippen molar-refractivity contribution in [3.63, 3.8) is 0 Å². The van der Waals surface area contributed by atoms with Crippen molar-refractivity contribution in [2.45, 2.75) is 12.5 Å². The molecule has 1 amide bonds. The minimum atomic E-state index is -0.720. The number of primary amides is 1. The van der Waals surface area contributed by atoms with Gasteiger partial charge in [0, 0.05) is 44.8 Å². The van der Waals surface area contributed by atoms with E-state index in [1.807, 2.05) is 36.4 Å². The summed E-state index contributed by atoms with van der Waals surface area (Å²) in [5.74, 6) is 0. The minimum Gasteiger partial charge on any atom is -0.441 e. The van der Waals surface area contributed by atoms with Gasteiger partial charge in [-0.05, 0) is 17.7 Å². The third kappa shape index (κ3) is 4.97. The molecular weight excluding hydrogens is 314 g/mol. The summed E-state index contributed by atoms with van der Waals surface area (Å²) in [6, 6.07) is 20.3. The molecule has 132 valence electrons. The molecule has 0 bridgehead atoms. The fourth-order valence-electron chi connectivity index (χ4n) is 3.27. The molecule has 25 heavy (non-hydrogen) atoms. The van der Waals surface area contributed by atoms with Crippen molar-refractivity contribution in [1.82, 2.24) is 4.90 Å². The fraction of sp³-hybridized carbons (Fsp3) is 0.350. The Labute approximate surface area is 149 Å². The van der Waals surface area contributed by atoms with Crippen molar-refractivity contribution in [3.05, 3.63) is 66.2 Å². The van der Waals surface area contributed by atoms with E-state index in [4.69, 9.17) is 10.5 Å². The number of piperazine rings is 1. The summed E-state index contributed by atoms with van der Waals surface area (Å²) in [5.41, 5.74) is 7.51. The van der Waals surface area contributed by atoms with Gasteiger partial charge in [-0.1, -0.05) is 48.5 Å². The molecular formula is C20H25N3O2. The average molecular weight is 339 g/mol. The molecule has 2 aromatic rings. The third-order valence-corrected chi connectivity index (χ3v) is 4.63. The first-order valence-corrected chi connectivity index (χ1v) is 8.76. The SMILES string of the molecule is NC(=O)O[C@@H](CCN1CCN(c2ccccc2)CC1)c1ccccc1. The summed E-state index contributed by atoms with van der Waals surface area (Å²) in [5, 5.41) is 0. The summed E-state index contributed by atoms with van der Waals surface area (Å²) < 4.78 is 5.32. The molecule has 1 fully saturated rings. The average Bonchev–Trinajstić information content (AvgIpc) is 2.67. The fourth-order valence-corrected chi connectivity index (χ4v) is 3.27. The van der Waals surface area contributed by atoms with Crippen LogP contribution in [0.4, 0.5) is 10.5 Å². The molecule has 5 nitrogen and oxygen atoms in total. The van der Waals surface area contributed by atoms with Crippen LogP contribution in [0.3, 0.4) is 0 Å². The Morgan fingerprint density at radius 3 is 2.16 bits per heavy atom. The Bertz CT molecular complexity index is 655. The van der Waals surface area contributed by atoms with E-state index in [1.165, 1.54) is 5.69 Å². The molecule has 0 saturated carbocycles. The van der Waals surface area contributed by atoms with E-state index < -0.39 is 6.09 Å². The molecule has 0 aromatic heterocycles. The van der Waals surface area contributed by atoms with Crippen LogP contribution in [0.2, 0.25) is 0 Å². The molecule has 0 unspecified atom stereocenters. The zero-order chi connectivity index (χ0) is 17.5. The van der Waals surface area contributed by atoms with Gasteiger partial charge in [0.15, 0.2) is 0 Å². The van der Waals surface area contributed by atoms with Crippen LogP contribution in [-0.2, 0) is 4.74 Å². The lowest BCUT2D eigenvalue weighted by atomic mass is 10.1. The topological polar surface area (TPSA) is 58.8 Å². The van der Waals surface area contributed by atoms with Crippen molar-refractivity contribution in [2.75, 3.05) is 37.6 Å². The van der Waals surface area contributed by atoms with Gasteiger partial charge < -0.3 is 15.4 Å². The number of anilines is 1. The number of carbonyl (C=O) groups is 1. The number of carbonyl (C=O) groups excluding carboxylic acids is 1. The summed E-state index contributed by atoms with van der Waals surface area (Å²) in [6.07, 6.45) is -0.258. The number of rotatable bonds is 6. The number of benzene rings is 2. The Balaban J connectivity index is 1.51. The molecule has 2 N–H and O–H groups in total. The zero-order valence-corrected chi connectivity index (χ0v) is 14.4. The smallest absolute Gasteiger partial charge is 0.405 e. The number of ether oxygens (including phenoxy) is 1. The Morgan fingerprint density at radius 1 is 0.960 bits per heavy atom. The van der Waals surface area contributed by atoms with Gasteiger partial charge in [-0.15, -0.1) is 0 Å². The summed E-state index contributed by atoms with van der Waals surface area (Å²) in [4.78, 5) is 16.0. The number of hydrogen-bond donors (Lipinski definition) is 1. The van der Waals surface area contributed by atoms with Gasteiger partial charge in [-0.25, -0.2) is 4.79 Å². The van der Waals surface area contributed by atoms with E-state index in [9.17, 15) is 4.79 Å². The van der Waals surface area contributed by atoms with E-state index in [0.29, 0.717) is 0 Å². The van der Waals surface area contributed by atoms with Crippen LogP contribution in [0.1, 0.15) is 18.1 Å². The molecule has 1 atom stereocenters. The highest BCUT2D eigenvalue weighted by atomic mass is 16.6. The molecule has 1 heterocycles. The normalized spacial score (nSPS) is 16.4. The van der Waals surface area contributed by atoms with Crippen molar-refractivity contribution in [1.29, 1.82) is 0 Å². The zero-order valence-electron chi connectivity index (χ0n) is 14.4. The second kappa shape index (κ2) is 8.53. The van der Waals surface area contributed by atoms with Gasteiger partial charge in [0.05, 0.1) is 0 Å². The first-order valence-electron chi connectivity index (χ1n) is 8.76. The maximum absolute atomic E-state index is 11.2. The van der Waals surface area contributed by atoms with Crippen molar-refractivity contribution in [2.24, 2.45) is 5.73 Å². The number of amides is 1. The van der Waals surface area contributed by atoms with E-state index in [-0.39, 0.29) is 6.10 Å². The van der Waals surface area contributed by atoms with E-state index >= 15 is 0 Å². The molecule has 1 aliphatic heterocycles. The number of hydrogen-bond acceptors (Lipinski definition) is 4. The van der Waals surface area contributed by atoms with Crippen molar-refractivity contribution in [3.8, 4) is 0 Å². The Hall–Kier alpha value is -2.53. The second-order valence-electron chi connectivity index (χ2n) is 6.29. The predicted octanol–water partition coefficient (Wildman–Crippen LogP) is 3.04. The van der Waals surface area contributed by atoms with Crippen LogP contribution in [-0.4, -0.2) is 43.7 Å². The van der Waals surface area contributed by atoms with Gasteiger partial charge in [0.1, 0.15) is 6.10 Å². The van der Waals surface area contributed by atoms with Crippen LogP contribution < -0.4 is 10.6 Å². The van der Waals surface area contributed by atoms with Crippen LogP contribution in [0, 0.1) is 0 Å². The van der Waals surface area contributed by atoms with Gasteiger partial charge in [0.25, 0.3) is 0 Å². The van der Waals surface area contributed by atoms with Gasteiger partial charge >= 0.3 is 6.09 Å². The number of nitrogens with two attached hydrogens (primary N) is 1. The predicted molar refractivity (Wildman–Crippen MR) is 99.6 cm³/mol. The molecule has 1 aliphatic rings. The minimum absolute atomic E-state index is 0.286. The third-order valence-electron chi connectivity index (χ3n) is 4.63. The van der Waals surface area contributed by atoms with Gasteiger partial charge in [-0.3, -0.25) is 4.90 Å². The lowest BCUT2D eigenvalue weighted by Crippen LogP contribution is -2.46. The van der Waals surface area contributed by atoms with Crippen LogP contribution in [0.25, 0.3) is 0 Å². The summed E-state index contributed by atoms with van der Waals surface area (Å²) in [7, 11) is 0. The molecule has 3 rings (SSSR count).